The molecule has 0 aliphatic carbocycles. The Kier molecular flexibility index (Phi) is 4.32. The molecule has 2 atom stereocenters. The van der Waals surface area contributed by atoms with Gasteiger partial charge in [-0.1, -0.05) is 0 Å². The standard InChI is InChI=1S/C17H29N3O2/c1-12(2)20-14(4)16(13(3)18-20)8-19-7-15-5-6-22-11-17(15,9-19)10-21/h12,15,21H,5-11H2,1-4H3/t15-,17+/m0/s1. The van der Waals surface area contributed by atoms with Crippen LogP contribution in [0.4, 0.5) is 0 Å². The molecule has 3 rings (SSSR count). The van der Waals surface area contributed by atoms with Crippen LogP contribution in [0.25, 0.3) is 0 Å². The summed E-state index contributed by atoms with van der Waals surface area (Å²) in [5.74, 6) is 0.562. The Morgan fingerprint density at radius 2 is 2.18 bits per heavy atom. The van der Waals surface area contributed by atoms with Crippen LogP contribution in [-0.2, 0) is 11.3 Å². The normalized spacial score (nSPS) is 29.3. The molecule has 1 aromatic heterocycles. The number of nitrogens with zero attached hydrogens (tertiary/aromatic N) is 3. The zero-order valence-electron chi connectivity index (χ0n) is 14.3. The summed E-state index contributed by atoms with van der Waals surface area (Å²) in [6, 6.07) is 0.394. The van der Waals surface area contributed by atoms with E-state index >= 15 is 0 Å². The van der Waals surface area contributed by atoms with E-state index in [1.165, 1.54) is 11.3 Å². The number of aliphatic hydroxyl groups excluding tert-OH is 1. The Bertz CT molecular complexity index is 540. The number of likely N-dealkylation sites (tertiary alicyclic amines) is 1. The number of fused-ring (bicyclic) bond motifs is 1. The van der Waals surface area contributed by atoms with Crippen molar-refractivity contribution in [2.45, 2.75) is 46.7 Å². The van der Waals surface area contributed by atoms with Gasteiger partial charge in [0.05, 0.1) is 18.9 Å². The number of aryl methyl sites for hydroxylation is 1. The van der Waals surface area contributed by atoms with Crippen molar-refractivity contribution in [3.63, 3.8) is 0 Å². The van der Waals surface area contributed by atoms with Crippen LogP contribution in [0.15, 0.2) is 0 Å². The third-order valence-corrected chi connectivity index (χ3v) is 5.54. The molecule has 1 N–H and O–H groups in total. The second-order valence-corrected chi connectivity index (χ2v) is 7.42. The van der Waals surface area contributed by atoms with Gasteiger partial charge in [0, 0.05) is 49.0 Å². The third-order valence-electron chi connectivity index (χ3n) is 5.54. The number of hydrogen-bond acceptors (Lipinski definition) is 4. The van der Waals surface area contributed by atoms with Crippen LogP contribution in [0, 0.1) is 25.2 Å². The fraction of sp³-hybridized carbons (Fsp3) is 0.824. The number of aromatic nitrogens is 2. The molecule has 3 heterocycles. The summed E-state index contributed by atoms with van der Waals surface area (Å²) in [5, 5.41) is 14.6. The van der Waals surface area contributed by atoms with Crippen LogP contribution in [0.5, 0.6) is 0 Å². The number of hydrogen-bond donors (Lipinski definition) is 1. The lowest BCUT2D eigenvalue weighted by Gasteiger charge is -2.36. The number of ether oxygens (including phenoxy) is 1. The van der Waals surface area contributed by atoms with E-state index in [0.29, 0.717) is 18.6 Å². The van der Waals surface area contributed by atoms with E-state index in [1.807, 2.05) is 0 Å². The second kappa shape index (κ2) is 5.95. The van der Waals surface area contributed by atoms with Gasteiger partial charge in [-0.25, -0.2) is 0 Å². The molecule has 0 saturated carbocycles. The van der Waals surface area contributed by atoms with Crippen LogP contribution in [0.2, 0.25) is 0 Å². The van der Waals surface area contributed by atoms with Gasteiger partial charge in [-0.2, -0.15) is 5.10 Å². The van der Waals surface area contributed by atoms with Gasteiger partial charge >= 0.3 is 0 Å². The van der Waals surface area contributed by atoms with Crippen molar-refractivity contribution < 1.29 is 9.84 Å². The second-order valence-electron chi connectivity index (χ2n) is 7.42. The molecule has 0 unspecified atom stereocenters. The van der Waals surface area contributed by atoms with Crippen molar-refractivity contribution in [3.05, 3.63) is 17.0 Å². The predicted molar refractivity (Wildman–Crippen MR) is 85.8 cm³/mol. The highest BCUT2D eigenvalue weighted by Gasteiger charge is 2.48. The van der Waals surface area contributed by atoms with E-state index in [1.54, 1.807) is 0 Å². The molecular formula is C17H29N3O2. The van der Waals surface area contributed by atoms with Gasteiger partial charge in [0.15, 0.2) is 0 Å². The van der Waals surface area contributed by atoms with E-state index < -0.39 is 0 Å². The minimum Gasteiger partial charge on any atom is -0.396 e. The maximum Gasteiger partial charge on any atom is 0.0641 e. The summed E-state index contributed by atoms with van der Waals surface area (Å²) in [7, 11) is 0. The Hall–Kier alpha value is -0.910. The van der Waals surface area contributed by atoms with Gasteiger partial charge in [-0.3, -0.25) is 9.58 Å². The van der Waals surface area contributed by atoms with Crippen molar-refractivity contribution in [1.29, 1.82) is 0 Å². The lowest BCUT2D eigenvalue weighted by atomic mass is 9.76. The maximum absolute atomic E-state index is 9.90. The first-order valence-corrected chi connectivity index (χ1v) is 8.42. The van der Waals surface area contributed by atoms with Crippen LogP contribution in [0.1, 0.15) is 43.3 Å². The highest BCUT2D eigenvalue weighted by atomic mass is 16.5. The first-order valence-electron chi connectivity index (χ1n) is 8.42. The molecule has 2 aliphatic rings. The van der Waals surface area contributed by atoms with Gasteiger partial charge in [0.1, 0.15) is 0 Å². The summed E-state index contributed by atoms with van der Waals surface area (Å²) in [4.78, 5) is 2.48. The smallest absolute Gasteiger partial charge is 0.0641 e. The molecule has 0 aromatic carbocycles. The van der Waals surface area contributed by atoms with Gasteiger partial charge in [0.2, 0.25) is 0 Å². The van der Waals surface area contributed by atoms with E-state index in [9.17, 15) is 5.11 Å². The quantitative estimate of drug-likeness (QED) is 0.923. The Morgan fingerprint density at radius 1 is 1.41 bits per heavy atom. The molecule has 1 aromatic rings. The average molecular weight is 307 g/mol. The molecule has 0 bridgehead atoms. The summed E-state index contributed by atoms with van der Waals surface area (Å²) in [5.41, 5.74) is 3.71. The SMILES string of the molecule is Cc1nn(C(C)C)c(C)c1CN1C[C@@H]2CCOC[C@]2(CO)C1. The molecule has 0 radical (unpaired) electrons. The van der Waals surface area contributed by atoms with Crippen molar-refractivity contribution in [3.8, 4) is 0 Å². The predicted octanol–water partition coefficient (Wildman–Crippen LogP) is 1.91. The van der Waals surface area contributed by atoms with Crippen LogP contribution < -0.4 is 0 Å². The van der Waals surface area contributed by atoms with Crippen LogP contribution in [-0.4, -0.2) is 52.7 Å². The van der Waals surface area contributed by atoms with Crippen molar-refractivity contribution in [1.82, 2.24) is 14.7 Å². The van der Waals surface area contributed by atoms with Gasteiger partial charge in [-0.15, -0.1) is 0 Å². The van der Waals surface area contributed by atoms with Gasteiger partial charge in [-0.05, 0) is 40.0 Å². The topological polar surface area (TPSA) is 50.5 Å². The zero-order valence-corrected chi connectivity index (χ0v) is 14.3. The minimum atomic E-state index is -0.0475. The molecule has 2 fully saturated rings. The summed E-state index contributed by atoms with van der Waals surface area (Å²) < 4.78 is 7.78. The first kappa shape index (κ1) is 16.0. The van der Waals surface area contributed by atoms with E-state index in [0.717, 1.165) is 38.4 Å². The van der Waals surface area contributed by atoms with Crippen LogP contribution in [0.3, 0.4) is 0 Å². The van der Waals surface area contributed by atoms with E-state index in [-0.39, 0.29) is 12.0 Å². The molecule has 124 valence electrons. The van der Waals surface area contributed by atoms with Crippen molar-refractivity contribution in [2.75, 3.05) is 32.9 Å². The van der Waals surface area contributed by atoms with E-state index in [2.05, 4.69) is 37.3 Å². The molecule has 2 saturated heterocycles. The highest BCUT2D eigenvalue weighted by Crippen LogP contribution is 2.41. The molecule has 2 aliphatic heterocycles. The first-order chi connectivity index (χ1) is 10.5. The molecular weight excluding hydrogens is 278 g/mol. The van der Waals surface area contributed by atoms with Gasteiger partial charge < -0.3 is 9.84 Å². The highest BCUT2D eigenvalue weighted by molar-refractivity contribution is 5.25. The fourth-order valence-corrected chi connectivity index (χ4v) is 4.20. The lowest BCUT2D eigenvalue weighted by Crippen LogP contribution is -2.42. The van der Waals surface area contributed by atoms with Crippen molar-refractivity contribution in [2.24, 2.45) is 11.3 Å². The Morgan fingerprint density at radius 3 is 2.77 bits per heavy atom. The van der Waals surface area contributed by atoms with E-state index in [4.69, 9.17) is 9.84 Å². The average Bonchev–Trinajstić information content (AvgIpc) is 3.00. The molecule has 22 heavy (non-hydrogen) atoms. The summed E-state index contributed by atoms with van der Waals surface area (Å²) in [6.07, 6.45) is 1.07. The Balaban J connectivity index is 1.78. The molecule has 5 nitrogen and oxygen atoms in total. The summed E-state index contributed by atoms with van der Waals surface area (Å²) >= 11 is 0. The maximum atomic E-state index is 9.90. The molecule has 0 amide bonds. The number of rotatable bonds is 4. The van der Waals surface area contributed by atoms with Crippen molar-refractivity contribution >= 4 is 0 Å². The third kappa shape index (κ3) is 2.59. The summed E-state index contributed by atoms with van der Waals surface area (Å²) in [6.45, 7) is 13.3. The molecule has 0 spiro atoms. The monoisotopic (exact) mass is 307 g/mol. The zero-order chi connectivity index (χ0) is 15.9. The lowest BCUT2D eigenvalue weighted by molar-refractivity contribution is -0.0561. The fourth-order valence-electron chi connectivity index (χ4n) is 4.20. The Labute approximate surface area is 133 Å². The van der Waals surface area contributed by atoms with Crippen LogP contribution >= 0.6 is 0 Å². The van der Waals surface area contributed by atoms with Gasteiger partial charge in [0.25, 0.3) is 0 Å². The minimum absolute atomic E-state index is 0.0475. The largest absolute Gasteiger partial charge is 0.396 e. The molecule has 5 heteroatoms. The number of aliphatic hydroxyl groups is 1.